The maximum atomic E-state index is 12.3. The van der Waals surface area contributed by atoms with Gasteiger partial charge in [0, 0.05) is 30.9 Å². The first-order chi connectivity index (χ1) is 13.6. The molecule has 5 nitrogen and oxygen atoms in total. The highest BCUT2D eigenvalue weighted by molar-refractivity contribution is 5.68. The van der Waals surface area contributed by atoms with E-state index in [-0.39, 0.29) is 29.5 Å². The first-order valence-corrected chi connectivity index (χ1v) is 10.3. The Morgan fingerprint density at radius 1 is 1.14 bits per heavy atom. The maximum absolute atomic E-state index is 12.3. The highest BCUT2D eigenvalue weighted by Gasteiger charge is 2.21. The van der Waals surface area contributed by atoms with Crippen LogP contribution in [0, 0.1) is 5.92 Å². The van der Waals surface area contributed by atoms with Crippen molar-refractivity contribution in [1.29, 1.82) is 0 Å². The topological polar surface area (TPSA) is 71.3 Å². The van der Waals surface area contributed by atoms with E-state index in [1.54, 1.807) is 16.7 Å². The number of benzene rings is 1. The van der Waals surface area contributed by atoms with E-state index in [0.29, 0.717) is 12.5 Å². The van der Waals surface area contributed by atoms with Crippen LogP contribution in [0.2, 0.25) is 0 Å². The zero-order chi connectivity index (χ0) is 21.6. The van der Waals surface area contributed by atoms with Crippen LogP contribution in [0.3, 0.4) is 0 Å². The normalized spacial score (nSPS) is 14.0. The Labute approximate surface area is 173 Å². The van der Waals surface area contributed by atoms with E-state index in [9.17, 15) is 14.7 Å². The Morgan fingerprint density at radius 2 is 1.86 bits per heavy atom. The summed E-state index contributed by atoms with van der Waals surface area (Å²) in [5.74, 6) is -0.433. The summed E-state index contributed by atoms with van der Waals surface area (Å²) in [4.78, 5) is 23.8. The van der Waals surface area contributed by atoms with Gasteiger partial charge in [0.2, 0.25) is 0 Å². The molecule has 29 heavy (non-hydrogen) atoms. The summed E-state index contributed by atoms with van der Waals surface area (Å²) in [6.45, 7) is 11.2. The van der Waals surface area contributed by atoms with Crippen molar-refractivity contribution < 1.29 is 9.90 Å². The molecule has 0 aliphatic carbocycles. The maximum Gasteiger partial charge on any atom is 0.305 e. The van der Waals surface area contributed by atoms with E-state index in [4.69, 9.17) is 0 Å². The van der Waals surface area contributed by atoms with Gasteiger partial charge in [-0.05, 0) is 34.9 Å². The Bertz CT molecular complexity index is 865. The number of rotatable bonds is 9. The van der Waals surface area contributed by atoms with Gasteiger partial charge in [0.15, 0.2) is 0 Å². The summed E-state index contributed by atoms with van der Waals surface area (Å²) < 4.78 is 1.75. The van der Waals surface area contributed by atoms with Crippen molar-refractivity contribution in [2.45, 2.75) is 65.0 Å². The standard InChI is InChI=1S/C24H34N2O3/c1-17(2)13-20(26-12-7-6-11-22(26)27)16-25-21(15-23(28)29)18-9-8-10-19(14-18)24(3,4)5/h6-12,14,17,20-21,25H,13,15-16H2,1-5H3,(H,28,29). The van der Waals surface area contributed by atoms with Gasteiger partial charge in [-0.2, -0.15) is 0 Å². The largest absolute Gasteiger partial charge is 0.481 e. The Hall–Kier alpha value is -2.40. The van der Waals surface area contributed by atoms with E-state index >= 15 is 0 Å². The molecule has 0 amide bonds. The van der Waals surface area contributed by atoms with Gasteiger partial charge in [0.05, 0.1) is 6.42 Å². The summed E-state index contributed by atoms with van der Waals surface area (Å²) in [5.41, 5.74) is 2.08. The molecule has 0 aliphatic heterocycles. The minimum absolute atomic E-state index is 0.00825. The zero-order valence-corrected chi connectivity index (χ0v) is 18.2. The monoisotopic (exact) mass is 398 g/mol. The molecule has 1 aromatic heterocycles. The predicted molar refractivity (Wildman–Crippen MR) is 117 cm³/mol. The molecule has 2 aromatic rings. The third-order valence-electron chi connectivity index (χ3n) is 5.12. The zero-order valence-electron chi connectivity index (χ0n) is 18.2. The first kappa shape index (κ1) is 22.9. The highest BCUT2D eigenvalue weighted by atomic mass is 16.4. The molecular weight excluding hydrogens is 364 g/mol. The summed E-state index contributed by atoms with van der Waals surface area (Å²) >= 11 is 0. The van der Waals surface area contributed by atoms with Crippen LogP contribution >= 0.6 is 0 Å². The lowest BCUT2D eigenvalue weighted by Crippen LogP contribution is -2.35. The van der Waals surface area contributed by atoms with Crippen molar-refractivity contribution in [3.8, 4) is 0 Å². The number of nitrogens with zero attached hydrogens (tertiary/aromatic N) is 1. The third-order valence-corrected chi connectivity index (χ3v) is 5.12. The molecule has 0 bridgehead atoms. The molecular formula is C24H34N2O3. The molecule has 5 heteroatoms. The van der Waals surface area contributed by atoms with Crippen LogP contribution in [-0.2, 0) is 10.2 Å². The fraction of sp³-hybridized carbons (Fsp3) is 0.500. The van der Waals surface area contributed by atoms with Crippen LogP contribution in [-0.4, -0.2) is 22.2 Å². The molecule has 0 fully saturated rings. The smallest absolute Gasteiger partial charge is 0.305 e. The molecule has 158 valence electrons. The Balaban J connectivity index is 2.28. The second-order valence-corrected chi connectivity index (χ2v) is 9.16. The van der Waals surface area contributed by atoms with E-state index in [0.717, 1.165) is 12.0 Å². The van der Waals surface area contributed by atoms with Gasteiger partial charge in [0.1, 0.15) is 0 Å². The number of carbonyl (C=O) groups is 1. The van der Waals surface area contributed by atoms with Crippen LogP contribution in [0.25, 0.3) is 0 Å². The lowest BCUT2D eigenvalue weighted by molar-refractivity contribution is -0.137. The summed E-state index contributed by atoms with van der Waals surface area (Å²) in [7, 11) is 0. The second kappa shape index (κ2) is 9.88. The number of nitrogens with one attached hydrogen (secondary N) is 1. The first-order valence-electron chi connectivity index (χ1n) is 10.3. The predicted octanol–water partition coefficient (Wildman–Crippen LogP) is 4.54. The number of carboxylic acids is 1. The Morgan fingerprint density at radius 3 is 2.45 bits per heavy atom. The average molecular weight is 399 g/mol. The molecule has 1 heterocycles. The van der Waals surface area contributed by atoms with Crippen LogP contribution in [0.4, 0.5) is 0 Å². The van der Waals surface area contributed by atoms with Crippen LogP contribution in [0.1, 0.15) is 70.7 Å². The van der Waals surface area contributed by atoms with Crippen molar-refractivity contribution in [1.82, 2.24) is 9.88 Å². The second-order valence-electron chi connectivity index (χ2n) is 9.16. The highest BCUT2D eigenvalue weighted by Crippen LogP contribution is 2.27. The molecule has 0 spiro atoms. The molecule has 0 saturated heterocycles. The van der Waals surface area contributed by atoms with Crippen LogP contribution < -0.4 is 10.9 Å². The molecule has 2 rings (SSSR count). The minimum Gasteiger partial charge on any atom is -0.481 e. The van der Waals surface area contributed by atoms with E-state index in [1.807, 2.05) is 24.4 Å². The van der Waals surface area contributed by atoms with Gasteiger partial charge >= 0.3 is 5.97 Å². The average Bonchev–Trinajstić information content (AvgIpc) is 2.63. The molecule has 2 atom stereocenters. The molecule has 0 radical (unpaired) electrons. The summed E-state index contributed by atoms with van der Waals surface area (Å²) in [6, 6.07) is 12.9. The fourth-order valence-electron chi connectivity index (χ4n) is 3.56. The quantitative estimate of drug-likeness (QED) is 0.651. The molecule has 2 N–H and O–H groups in total. The van der Waals surface area contributed by atoms with Gasteiger partial charge in [-0.25, -0.2) is 0 Å². The van der Waals surface area contributed by atoms with E-state index in [2.05, 4.69) is 52.1 Å². The lowest BCUT2D eigenvalue weighted by Gasteiger charge is -2.27. The molecule has 1 aromatic carbocycles. The Kier molecular flexibility index (Phi) is 7.80. The van der Waals surface area contributed by atoms with Crippen molar-refractivity contribution in [2.75, 3.05) is 6.54 Å². The fourth-order valence-corrected chi connectivity index (χ4v) is 3.56. The van der Waals surface area contributed by atoms with Gasteiger partial charge in [0.25, 0.3) is 5.56 Å². The third kappa shape index (κ3) is 6.86. The van der Waals surface area contributed by atoms with E-state index in [1.165, 1.54) is 5.56 Å². The molecule has 0 aliphatic rings. The van der Waals surface area contributed by atoms with Crippen molar-refractivity contribution in [3.63, 3.8) is 0 Å². The molecule has 0 saturated carbocycles. The number of hydrogen-bond donors (Lipinski definition) is 2. The number of aliphatic carboxylic acids is 1. The van der Waals surface area contributed by atoms with Gasteiger partial charge in [-0.3, -0.25) is 9.59 Å². The van der Waals surface area contributed by atoms with Crippen molar-refractivity contribution >= 4 is 5.97 Å². The van der Waals surface area contributed by atoms with Gasteiger partial charge in [-0.1, -0.05) is 65.0 Å². The number of carboxylic acid groups (broad SMARTS) is 1. The molecule has 2 unspecified atom stereocenters. The number of aromatic nitrogens is 1. The number of pyridine rings is 1. The van der Waals surface area contributed by atoms with Crippen LogP contribution in [0.5, 0.6) is 0 Å². The van der Waals surface area contributed by atoms with Crippen molar-refractivity contribution in [3.05, 3.63) is 70.1 Å². The number of hydrogen-bond acceptors (Lipinski definition) is 3. The summed E-state index contributed by atoms with van der Waals surface area (Å²) in [6.07, 6.45) is 2.63. The van der Waals surface area contributed by atoms with Gasteiger partial charge < -0.3 is 15.0 Å². The minimum atomic E-state index is -0.846. The van der Waals surface area contributed by atoms with E-state index < -0.39 is 5.97 Å². The van der Waals surface area contributed by atoms with Gasteiger partial charge in [-0.15, -0.1) is 0 Å². The summed E-state index contributed by atoms with van der Waals surface area (Å²) in [5, 5.41) is 12.9. The van der Waals surface area contributed by atoms with Crippen molar-refractivity contribution in [2.24, 2.45) is 5.92 Å². The SMILES string of the molecule is CC(C)CC(CNC(CC(=O)O)c1cccc(C(C)(C)C)c1)n1ccccc1=O. The lowest BCUT2D eigenvalue weighted by atomic mass is 9.85. The van der Waals surface area contributed by atoms with Crippen LogP contribution in [0.15, 0.2) is 53.5 Å².